The van der Waals surface area contributed by atoms with Crippen LogP contribution in [0.15, 0.2) is 0 Å². The average molecular weight is 775 g/mol. The van der Waals surface area contributed by atoms with E-state index in [1.807, 2.05) is 0 Å². The van der Waals surface area contributed by atoms with Gasteiger partial charge in [-0.25, -0.2) is 4.79 Å². The summed E-state index contributed by atoms with van der Waals surface area (Å²) >= 11 is 0. The molecule has 20 atom stereocenters. The fourth-order valence-corrected chi connectivity index (χ4v) is 6.26. The fraction of sp³-hybridized carbons (Fsp3) is 0.857. The number of carbonyl (C=O) groups excluding carboxylic acids is 3. The van der Waals surface area contributed by atoms with E-state index in [2.05, 4.69) is 16.0 Å². The van der Waals surface area contributed by atoms with Gasteiger partial charge in [-0.3, -0.25) is 14.4 Å². The van der Waals surface area contributed by atoms with Crippen LogP contribution in [0.1, 0.15) is 0 Å². The maximum absolute atomic E-state index is 13.1. The summed E-state index contributed by atoms with van der Waals surface area (Å²) in [4.78, 5) is 50.1. The Balaban J connectivity index is 1.34. The van der Waals surface area contributed by atoms with Crippen molar-refractivity contribution in [3.63, 3.8) is 0 Å². The van der Waals surface area contributed by atoms with Crippen LogP contribution in [0.25, 0.3) is 0 Å². The normalized spacial score (nSPS) is 46.2. The zero-order valence-corrected chi connectivity index (χ0v) is 27.5. The third-order valence-electron chi connectivity index (χ3n) is 9.53. The molecule has 0 aliphatic carbocycles. The minimum Gasteiger partial charge on any atom is -0.479 e. The van der Waals surface area contributed by atoms with Crippen LogP contribution in [0.5, 0.6) is 0 Å². The number of amides is 3. The molecule has 18 N–H and O–H groups in total. The lowest BCUT2D eigenvalue weighted by atomic mass is 9.92. The van der Waals surface area contributed by atoms with E-state index >= 15 is 0 Å². The first-order valence-corrected chi connectivity index (χ1v) is 16.4. The van der Waals surface area contributed by atoms with Crippen LogP contribution < -0.4 is 21.7 Å². The first-order valence-electron chi connectivity index (χ1n) is 16.4. The number of carboxylic acids is 1. The highest BCUT2D eigenvalue weighted by Crippen LogP contribution is 2.26. The van der Waals surface area contributed by atoms with E-state index < -0.39 is 165 Å². The number of hydrogen-bond donors (Lipinski definition) is 17. The second-order valence-corrected chi connectivity index (χ2v) is 13.1. The largest absolute Gasteiger partial charge is 0.479 e. The number of aliphatic hydroxyl groups is 12. The Hall–Kier alpha value is -2.80. The molecule has 0 aromatic carbocycles. The van der Waals surface area contributed by atoms with Crippen molar-refractivity contribution in [1.29, 1.82) is 0 Å². The molecule has 0 radical (unpaired) electrons. The first-order chi connectivity index (χ1) is 24.8. The average Bonchev–Trinajstić information content (AvgIpc) is 3.12. The summed E-state index contributed by atoms with van der Waals surface area (Å²) in [7, 11) is 0. The summed E-state index contributed by atoms with van der Waals surface area (Å²) in [5.41, 5.74) is 5.46. The van der Waals surface area contributed by atoms with E-state index in [9.17, 15) is 85.6 Å². The minimum atomic E-state index is -2.07. The first kappa shape index (κ1) is 42.9. The summed E-state index contributed by atoms with van der Waals surface area (Å²) in [5.74, 6) is -5.12. The summed E-state index contributed by atoms with van der Waals surface area (Å²) in [5, 5.41) is 139. The van der Waals surface area contributed by atoms with E-state index in [1.54, 1.807) is 0 Å². The van der Waals surface area contributed by atoms with Crippen molar-refractivity contribution in [2.45, 2.75) is 122 Å². The topological polar surface area (TPSA) is 430 Å². The lowest BCUT2D eigenvalue weighted by Crippen LogP contribution is -2.66. The molecular weight excluding hydrogens is 728 g/mol. The Morgan fingerprint density at radius 2 is 0.642 bits per heavy atom. The fourth-order valence-electron chi connectivity index (χ4n) is 6.26. The second kappa shape index (κ2) is 17.8. The van der Waals surface area contributed by atoms with Crippen molar-refractivity contribution in [2.75, 3.05) is 26.2 Å². The highest BCUT2D eigenvalue weighted by Gasteiger charge is 2.51. The molecule has 0 saturated carbocycles. The Labute approximate surface area is 298 Å². The Bertz CT molecular complexity index is 1300. The molecule has 0 unspecified atom stereocenters. The molecule has 25 heteroatoms. The molecule has 3 amide bonds. The van der Waals surface area contributed by atoms with Crippen molar-refractivity contribution in [2.24, 2.45) is 5.73 Å². The predicted octanol–water partition coefficient (Wildman–Crippen LogP) is -12.2. The minimum absolute atomic E-state index is 0.327. The molecule has 4 rings (SSSR count). The Morgan fingerprint density at radius 1 is 0.396 bits per heavy atom. The number of carboxylic acid groups (broad SMARTS) is 1. The molecule has 4 heterocycles. The van der Waals surface area contributed by atoms with Crippen molar-refractivity contribution in [3.05, 3.63) is 0 Å². The predicted molar refractivity (Wildman–Crippen MR) is 162 cm³/mol. The van der Waals surface area contributed by atoms with Gasteiger partial charge >= 0.3 is 5.97 Å². The van der Waals surface area contributed by atoms with Crippen LogP contribution in [-0.2, 0) is 38.1 Å². The van der Waals surface area contributed by atoms with Crippen LogP contribution in [0.2, 0.25) is 0 Å². The number of aliphatic carboxylic acids is 1. The molecule has 4 aliphatic rings. The highest BCUT2D eigenvalue weighted by molar-refractivity contribution is 5.83. The van der Waals surface area contributed by atoms with Crippen molar-refractivity contribution < 1.29 is 105 Å². The number of nitrogens with one attached hydrogen (secondary N) is 3. The monoisotopic (exact) mass is 774 g/mol. The summed E-state index contributed by atoms with van der Waals surface area (Å²) in [6.45, 7) is -2.41. The number of aliphatic hydroxyl groups excluding tert-OH is 12. The van der Waals surface area contributed by atoms with E-state index in [0.717, 1.165) is 0 Å². The van der Waals surface area contributed by atoms with E-state index in [1.165, 1.54) is 0 Å². The van der Waals surface area contributed by atoms with Crippen LogP contribution in [0.3, 0.4) is 0 Å². The van der Waals surface area contributed by atoms with Gasteiger partial charge in [0.25, 0.3) is 17.7 Å². The molecule has 4 saturated heterocycles. The van der Waals surface area contributed by atoms with E-state index in [4.69, 9.17) is 24.7 Å². The van der Waals surface area contributed by atoms with Crippen LogP contribution in [0.4, 0.5) is 0 Å². The summed E-state index contributed by atoms with van der Waals surface area (Å²) < 4.78 is 21.1. The molecule has 0 spiro atoms. The zero-order valence-electron chi connectivity index (χ0n) is 27.5. The molecule has 0 aromatic heterocycles. The van der Waals surface area contributed by atoms with Crippen LogP contribution in [-0.4, -0.2) is 238 Å². The summed E-state index contributed by atoms with van der Waals surface area (Å²) in [6.07, 6.45) is -36.8. The number of ether oxygens (including phenoxy) is 4. The van der Waals surface area contributed by atoms with Gasteiger partial charge in [-0.2, -0.15) is 0 Å². The van der Waals surface area contributed by atoms with Gasteiger partial charge in [0.15, 0.2) is 24.4 Å². The number of rotatable bonds is 11. The van der Waals surface area contributed by atoms with Crippen molar-refractivity contribution in [3.8, 4) is 0 Å². The second-order valence-electron chi connectivity index (χ2n) is 13.1. The molecule has 53 heavy (non-hydrogen) atoms. The maximum Gasteiger partial charge on any atom is 0.335 e. The van der Waals surface area contributed by atoms with Gasteiger partial charge in [-0.1, -0.05) is 0 Å². The van der Waals surface area contributed by atoms with Gasteiger partial charge in [0.2, 0.25) is 0 Å². The van der Waals surface area contributed by atoms with E-state index in [0.29, 0.717) is 0 Å². The lowest BCUT2D eigenvalue weighted by Gasteiger charge is -2.42. The Morgan fingerprint density at radius 3 is 0.925 bits per heavy atom. The zero-order chi connectivity index (χ0) is 39.6. The number of nitrogens with two attached hydrogens (primary N) is 1. The van der Waals surface area contributed by atoms with Crippen molar-refractivity contribution in [1.82, 2.24) is 16.0 Å². The van der Waals surface area contributed by atoms with Gasteiger partial charge < -0.3 is 107 Å². The lowest BCUT2D eigenvalue weighted by molar-refractivity contribution is -0.229. The third-order valence-corrected chi connectivity index (χ3v) is 9.53. The summed E-state index contributed by atoms with van der Waals surface area (Å²) in [6, 6.07) is 0. The third kappa shape index (κ3) is 9.03. The number of hydrogen-bond acceptors (Lipinski definition) is 21. The molecule has 304 valence electrons. The quantitative estimate of drug-likeness (QED) is 0.0926. The van der Waals surface area contributed by atoms with Crippen LogP contribution >= 0.6 is 0 Å². The van der Waals surface area contributed by atoms with Gasteiger partial charge in [-0.15, -0.1) is 0 Å². The standard InChI is InChI=1S/C28H46N4O21/c29-1-5-9(33)13(37)17(41)21(50-5)25(45)30-2-6-10(34)14(38)18(42)22(51-6)26(46)31-3-7-11(35)15(39)19(43)23(52-7)27(47)32-4-8-12(36)16(40)20(44)24(53-8)28(48)49/h5-24,33-44H,1-4,29H2,(H,30,45)(H,31,46)(H,32,47)(H,48,49)/t5-,6-,7-,8-,9-,10-,11-,12-,13+,14+,15+,16+,17-,18-,19-,20-,21-,22-,23-,24-/m0/s1. The van der Waals surface area contributed by atoms with Gasteiger partial charge in [0, 0.05) is 26.2 Å². The van der Waals surface area contributed by atoms with Gasteiger partial charge in [-0.05, 0) is 0 Å². The molecule has 4 aliphatic heterocycles. The Kier molecular flexibility index (Phi) is 14.4. The van der Waals surface area contributed by atoms with Crippen LogP contribution in [0, 0.1) is 0 Å². The molecular formula is C28H46N4O21. The number of carbonyl (C=O) groups is 4. The van der Waals surface area contributed by atoms with Crippen molar-refractivity contribution >= 4 is 23.7 Å². The smallest absolute Gasteiger partial charge is 0.335 e. The van der Waals surface area contributed by atoms with Gasteiger partial charge in [0.05, 0.1) is 6.10 Å². The molecule has 0 aromatic rings. The molecule has 4 fully saturated rings. The highest BCUT2D eigenvalue weighted by atomic mass is 16.6. The van der Waals surface area contributed by atoms with Gasteiger partial charge in [0.1, 0.15) is 91.6 Å². The SMILES string of the molecule is NC[C@@H]1O[C@H](C(=O)NC[C@@H]2O[C@H](C(=O)NC[C@@H]3O[C@H](C(=O)NC[C@@H]4O[C@H](C(=O)O)[C@@H](O)[C@H](O)[C@H]4O)[C@@H](O)[C@H](O)[C@H]3O)[C@@H](O)[C@H](O)[C@H]2O)[C@@H](O)[C@H](O)[C@H]1O. The molecule has 0 bridgehead atoms. The molecule has 25 nitrogen and oxygen atoms in total. The van der Waals surface area contributed by atoms with E-state index in [-0.39, 0.29) is 6.54 Å². The maximum atomic E-state index is 13.1.